The van der Waals surface area contributed by atoms with E-state index in [4.69, 9.17) is 18.9 Å². The molecule has 0 aromatic carbocycles. The van der Waals surface area contributed by atoms with Crippen LogP contribution in [-0.4, -0.2) is 96.0 Å². The van der Waals surface area contributed by atoms with Crippen LogP contribution in [0, 0.1) is 0 Å². The van der Waals surface area contributed by atoms with Gasteiger partial charge in [0, 0.05) is 12.8 Å². The summed E-state index contributed by atoms with van der Waals surface area (Å²) in [5, 5.41) is 30.9. The molecule has 1 aliphatic rings. The Kier molecular flexibility index (Phi) is 33.6. The fourth-order valence-corrected chi connectivity index (χ4v) is 7.30. The van der Waals surface area contributed by atoms with E-state index >= 15 is 0 Å². The van der Waals surface area contributed by atoms with Crippen LogP contribution in [0.2, 0.25) is 0 Å². The van der Waals surface area contributed by atoms with E-state index in [2.05, 4.69) is 62.5 Å². The Hall–Kier alpha value is -2.39. The van der Waals surface area contributed by atoms with E-state index in [-0.39, 0.29) is 19.4 Å². The normalized spacial score (nSPS) is 20.7. The molecule has 0 bridgehead atoms. The van der Waals surface area contributed by atoms with Crippen LogP contribution in [0.15, 0.2) is 48.6 Å². The number of carbonyl (C=O) groups excluding carboxylic acids is 2. The summed E-state index contributed by atoms with van der Waals surface area (Å²) in [4.78, 5) is 25.4. The molecule has 0 saturated carbocycles. The summed E-state index contributed by atoms with van der Waals surface area (Å²) in [6, 6.07) is 0. The standard InChI is InChI=1S/C46H80O12S/c1-3-5-7-9-11-13-15-17-19-20-21-23-24-26-28-30-32-34-41(47)55-36-39(37-56-46-45(51)44(50)43(49)40(58-46)38-59(52,53)54)57-42(48)35-33-31-29-27-25-22-18-16-14-12-10-8-6-4-2/h7,9,13,15,19-20,23-24,39-40,43-46,49-51H,3-6,8,10-12,14,16-18,21-22,25-38H2,1-2H3,(H,52,53,54)/b9-7+,15-13+,20-19+,24-23+/t39-,40-,43-,44?,45?,46+/m1/s1. The van der Waals surface area contributed by atoms with Gasteiger partial charge in [-0.3, -0.25) is 14.1 Å². The van der Waals surface area contributed by atoms with Crippen molar-refractivity contribution in [3.8, 4) is 0 Å². The zero-order valence-corrected chi connectivity index (χ0v) is 37.2. The number of aliphatic hydroxyl groups excluding tert-OH is 3. The Morgan fingerprint density at radius 3 is 1.58 bits per heavy atom. The highest BCUT2D eigenvalue weighted by Crippen LogP contribution is 2.24. The largest absolute Gasteiger partial charge is 0.462 e. The van der Waals surface area contributed by atoms with E-state index in [0.717, 1.165) is 64.2 Å². The predicted octanol–water partition coefficient (Wildman–Crippen LogP) is 9.17. The highest BCUT2D eigenvalue weighted by atomic mass is 32.2. The zero-order chi connectivity index (χ0) is 43.4. The SMILES string of the molecule is CCC/C=C/C/C=C/C/C=C/C/C=C/CCCCCC(=O)OC[C@H](CO[C@H]1O[C@H](CS(=O)(=O)O)[C@@H](O)C(O)C1O)OC(=O)CCCCCCCCCCCCCCCC. The molecule has 0 aromatic rings. The number of hydrogen-bond donors (Lipinski definition) is 4. The number of aliphatic hydroxyl groups is 3. The fraction of sp³-hybridized carbons (Fsp3) is 0.783. The molecule has 0 amide bonds. The summed E-state index contributed by atoms with van der Waals surface area (Å²) in [6.45, 7) is 3.66. The second kappa shape index (κ2) is 36.3. The lowest BCUT2D eigenvalue weighted by Gasteiger charge is -2.40. The molecule has 1 heterocycles. The number of allylic oxidation sites excluding steroid dienone is 8. The van der Waals surface area contributed by atoms with Crippen molar-refractivity contribution in [1.29, 1.82) is 0 Å². The Bertz CT molecular complexity index is 1280. The number of carbonyl (C=O) groups is 2. The van der Waals surface area contributed by atoms with Crippen molar-refractivity contribution in [1.82, 2.24) is 0 Å². The molecule has 0 aromatic heterocycles. The Morgan fingerprint density at radius 1 is 0.576 bits per heavy atom. The monoisotopic (exact) mass is 857 g/mol. The third-order valence-corrected chi connectivity index (χ3v) is 10.9. The number of rotatable bonds is 37. The average molecular weight is 857 g/mol. The maximum Gasteiger partial charge on any atom is 0.306 e. The molecule has 12 nitrogen and oxygen atoms in total. The van der Waals surface area contributed by atoms with Gasteiger partial charge >= 0.3 is 11.9 Å². The molecule has 0 aliphatic carbocycles. The van der Waals surface area contributed by atoms with E-state index in [1.165, 1.54) is 70.6 Å². The van der Waals surface area contributed by atoms with Crippen molar-refractivity contribution in [3.05, 3.63) is 48.6 Å². The Labute approximate surface area is 356 Å². The van der Waals surface area contributed by atoms with Gasteiger partial charge in [0.2, 0.25) is 0 Å². The third-order valence-electron chi connectivity index (χ3n) is 10.1. The first-order chi connectivity index (χ1) is 28.5. The van der Waals surface area contributed by atoms with Gasteiger partial charge in [-0.15, -0.1) is 0 Å². The van der Waals surface area contributed by atoms with Crippen LogP contribution in [0.4, 0.5) is 0 Å². The van der Waals surface area contributed by atoms with Crippen molar-refractivity contribution in [2.75, 3.05) is 19.0 Å². The molecule has 342 valence electrons. The van der Waals surface area contributed by atoms with Gasteiger partial charge in [-0.05, 0) is 51.4 Å². The van der Waals surface area contributed by atoms with Gasteiger partial charge in [0.25, 0.3) is 10.1 Å². The lowest BCUT2D eigenvalue weighted by molar-refractivity contribution is -0.297. The van der Waals surface area contributed by atoms with Crippen molar-refractivity contribution < 1.29 is 56.8 Å². The quantitative estimate of drug-likeness (QED) is 0.0201. The highest BCUT2D eigenvalue weighted by molar-refractivity contribution is 7.85. The average Bonchev–Trinajstić information content (AvgIpc) is 3.20. The van der Waals surface area contributed by atoms with Gasteiger partial charge in [-0.1, -0.05) is 159 Å². The van der Waals surface area contributed by atoms with Crippen LogP contribution in [0.5, 0.6) is 0 Å². The molecule has 1 rings (SSSR count). The summed E-state index contributed by atoms with van der Waals surface area (Å²) in [5.74, 6) is -2.02. The molecule has 0 radical (unpaired) electrons. The summed E-state index contributed by atoms with van der Waals surface area (Å²) in [5.41, 5.74) is 0. The maximum absolute atomic E-state index is 12.8. The zero-order valence-electron chi connectivity index (χ0n) is 36.3. The Morgan fingerprint density at radius 2 is 1.05 bits per heavy atom. The number of unbranched alkanes of at least 4 members (excludes halogenated alkanes) is 17. The number of ether oxygens (including phenoxy) is 4. The van der Waals surface area contributed by atoms with Crippen molar-refractivity contribution in [3.63, 3.8) is 0 Å². The Balaban J connectivity index is 2.47. The van der Waals surface area contributed by atoms with Crippen LogP contribution in [0.1, 0.15) is 174 Å². The minimum atomic E-state index is -4.61. The van der Waals surface area contributed by atoms with E-state index in [1.54, 1.807) is 0 Å². The van der Waals surface area contributed by atoms with Crippen LogP contribution in [0.3, 0.4) is 0 Å². The molecule has 13 heteroatoms. The van der Waals surface area contributed by atoms with Crippen LogP contribution in [-0.2, 0) is 38.7 Å². The van der Waals surface area contributed by atoms with Crippen LogP contribution in [0.25, 0.3) is 0 Å². The van der Waals surface area contributed by atoms with Gasteiger partial charge in [-0.25, -0.2) is 0 Å². The number of hydrogen-bond acceptors (Lipinski definition) is 11. The molecular weight excluding hydrogens is 777 g/mol. The molecule has 1 aliphatic heterocycles. The molecule has 1 fully saturated rings. The van der Waals surface area contributed by atoms with Crippen molar-refractivity contribution in [2.24, 2.45) is 0 Å². The molecule has 0 spiro atoms. The van der Waals surface area contributed by atoms with E-state index in [9.17, 15) is 37.9 Å². The first-order valence-electron chi connectivity index (χ1n) is 22.7. The lowest BCUT2D eigenvalue weighted by atomic mass is 10.00. The smallest absolute Gasteiger partial charge is 0.306 e. The fourth-order valence-electron chi connectivity index (χ4n) is 6.61. The molecule has 6 atom stereocenters. The third kappa shape index (κ3) is 31.2. The van der Waals surface area contributed by atoms with E-state index < -0.39 is 71.2 Å². The van der Waals surface area contributed by atoms with E-state index in [1.807, 2.05) is 0 Å². The van der Waals surface area contributed by atoms with Crippen LogP contribution >= 0.6 is 0 Å². The van der Waals surface area contributed by atoms with Gasteiger partial charge < -0.3 is 34.3 Å². The van der Waals surface area contributed by atoms with Gasteiger partial charge in [-0.2, -0.15) is 8.42 Å². The summed E-state index contributed by atoms with van der Waals surface area (Å²) >= 11 is 0. The highest BCUT2D eigenvalue weighted by Gasteiger charge is 2.46. The molecule has 4 N–H and O–H groups in total. The minimum Gasteiger partial charge on any atom is -0.462 e. The topological polar surface area (TPSA) is 186 Å². The molecule has 1 saturated heterocycles. The first-order valence-corrected chi connectivity index (χ1v) is 24.3. The second-order valence-electron chi connectivity index (χ2n) is 15.7. The van der Waals surface area contributed by atoms with Gasteiger partial charge in [0.15, 0.2) is 12.4 Å². The number of esters is 2. The van der Waals surface area contributed by atoms with Crippen molar-refractivity contribution in [2.45, 2.75) is 211 Å². The summed E-state index contributed by atoms with van der Waals surface area (Å²) in [6.07, 6.45) is 32.9. The molecule has 59 heavy (non-hydrogen) atoms. The summed E-state index contributed by atoms with van der Waals surface area (Å²) in [7, 11) is -4.61. The second-order valence-corrected chi connectivity index (χ2v) is 17.2. The minimum absolute atomic E-state index is 0.158. The van der Waals surface area contributed by atoms with Crippen LogP contribution < -0.4 is 0 Å². The summed E-state index contributed by atoms with van der Waals surface area (Å²) < 4.78 is 54.0. The van der Waals surface area contributed by atoms with Crippen molar-refractivity contribution >= 4 is 22.1 Å². The van der Waals surface area contributed by atoms with E-state index in [0.29, 0.717) is 12.8 Å². The molecule has 2 unspecified atom stereocenters. The maximum atomic E-state index is 12.8. The first kappa shape index (κ1) is 54.6. The lowest BCUT2D eigenvalue weighted by Crippen LogP contribution is -2.60. The van der Waals surface area contributed by atoms with Gasteiger partial charge in [0.05, 0.1) is 6.61 Å². The predicted molar refractivity (Wildman–Crippen MR) is 233 cm³/mol. The molecular formula is C46H80O12S. The van der Waals surface area contributed by atoms with Gasteiger partial charge in [0.1, 0.15) is 36.8 Å².